The average molecular weight is 388 g/mol. The van der Waals surface area contributed by atoms with E-state index in [1.165, 1.54) is 11.1 Å². The molecular formula is C16H20Br2O. The zero-order valence-corrected chi connectivity index (χ0v) is 14.8. The van der Waals surface area contributed by atoms with Crippen LogP contribution in [0.3, 0.4) is 0 Å². The fourth-order valence-corrected chi connectivity index (χ4v) is 3.06. The van der Waals surface area contributed by atoms with E-state index in [9.17, 15) is 5.11 Å². The second-order valence-corrected chi connectivity index (χ2v) is 6.74. The van der Waals surface area contributed by atoms with E-state index in [0.717, 1.165) is 33.8 Å². The van der Waals surface area contributed by atoms with Crippen molar-refractivity contribution in [1.82, 2.24) is 0 Å². The topological polar surface area (TPSA) is 20.2 Å². The van der Waals surface area contributed by atoms with Crippen molar-refractivity contribution >= 4 is 31.9 Å². The molecule has 0 unspecified atom stereocenters. The second-order valence-electron chi connectivity index (χ2n) is 4.97. The molecule has 0 amide bonds. The van der Waals surface area contributed by atoms with Crippen LogP contribution < -0.4 is 0 Å². The lowest BCUT2D eigenvalue weighted by atomic mass is 10.1. The van der Waals surface area contributed by atoms with E-state index in [4.69, 9.17) is 0 Å². The molecule has 1 nitrogen and oxygen atoms in total. The van der Waals surface area contributed by atoms with Crippen molar-refractivity contribution in [3.05, 3.63) is 49.9 Å². The Hall–Kier alpha value is -0.540. The van der Waals surface area contributed by atoms with Crippen molar-refractivity contribution in [3.63, 3.8) is 0 Å². The summed E-state index contributed by atoms with van der Waals surface area (Å²) in [6.07, 6.45) is 7.35. The highest BCUT2D eigenvalue weighted by Crippen LogP contribution is 2.32. The number of hydrogen-bond donors (Lipinski definition) is 1. The smallest absolute Gasteiger partial charge is 0.133 e. The Morgan fingerprint density at radius 3 is 2.47 bits per heavy atom. The molecule has 1 rings (SSSR count). The van der Waals surface area contributed by atoms with Crippen molar-refractivity contribution < 1.29 is 5.11 Å². The van der Waals surface area contributed by atoms with Crippen LogP contribution in [0.5, 0.6) is 5.75 Å². The van der Waals surface area contributed by atoms with Gasteiger partial charge < -0.3 is 5.11 Å². The van der Waals surface area contributed by atoms with E-state index in [1.54, 1.807) is 0 Å². The van der Waals surface area contributed by atoms with Crippen LogP contribution in [-0.4, -0.2) is 5.11 Å². The first-order valence-electron chi connectivity index (χ1n) is 6.36. The first-order chi connectivity index (χ1) is 8.90. The Morgan fingerprint density at radius 1 is 1.16 bits per heavy atom. The molecule has 0 aliphatic rings. The van der Waals surface area contributed by atoms with Crippen LogP contribution in [0.2, 0.25) is 0 Å². The first kappa shape index (κ1) is 16.5. The summed E-state index contributed by atoms with van der Waals surface area (Å²) in [5, 5.41) is 9.98. The van der Waals surface area contributed by atoms with Gasteiger partial charge in [-0.1, -0.05) is 39.2 Å². The third-order valence-electron chi connectivity index (χ3n) is 2.87. The standard InChI is InChI=1S/C16H20Br2O/c1-11(2)5-4-6-12(3)7-8-13-9-14(17)10-15(18)16(13)19/h5,7,9-10,19H,4,6,8H2,1-3H3/b12-7+. The predicted octanol–water partition coefficient (Wildman–Crippen LogP) is 6.15. The lowest BCUT2D eigenvalue weighted by molar-refractivity contribution is 0.466. The van der Waals surface area contributed by atoms with Gasteiger partial charge in [0.15, 0.2) is 0 Å². The van der Waals surface area contributed by atoms with Gasteiger partial charge in [-0.3, -0.25) is 0 Å². The number of hydrogen-bond acceptors (Lipinski definition) is 1. The minimum atomic E-state index is 0.330. The molecule has 19 heavy (non-hydrogen) atoms. The third-order valence-corrected chi connectivity index (χ3v) is 3.93. The molecule has 0 heterocycles. The van der Waals surface area contributed by atoms with E-state index in [-0.39, 0.29) is 0 Å². The number of benzene rings is 1. The lowest BCUT2D eigenvalue weighted by Crippen LogP contribution is -1.87. The third kappa shape index (κ3) is 5.96. The van der Waals surface area contributed by atoms with Gasteiger partial charge in [0, 0.05) is 4.47 Å². The first-order valence-corrected chi connectivity index (χ1v) is 7.94. The molecule has 0 saturated carbocycles. The molecule has 0 aliphatic carbocycles. The fourth-order valence-electron chi connectivity index (χ4n) is 1.75. The fraction of sp³-hybridized carbons (Fsp3) is 0.375. The maximum atomic E-state index is 9.98. The number of aromatic hydroxyl groups is 1. The summed E-state index contributed by atoms with van der Waals surface area (Å²) in [4.78, 5) is 0. The Morgan fingerprint density at radius 2 is 1.84 bits per heavy atom. The molecule has 0 spiro atoms. The largest absolute Gasteiger partial charge is 0.506 e. The summed E-state index contributed by atoms with van der Waals surface area (Å²) in [5.74, 6) is 0.330. The molecule has 1 aromatic rings. The van der Waals surface area contributed by atoms with Crippen molar-refractivity contribution in [1.29, 1.82) is 0 Å². The van der Waals surface area contributed by atoms with Crippen molar-refractivity contribution in [2.45, 2.75) is 40.0 Å². The van der Waals surface area contributed by atoms with Gasteiger partial charge >= 0.3 is 0 Å². The number of allylic oxidation sites excluding steroid dienone is 4. The monoisotopic (exact) mass is 386 g/mol. The summed E-state index contributed by atoms with van der Waals surface area (Å²) < 4.78 is 1.70. The minimum Gasteiger partial charge on any atom is -0.506 e. The van der Waals surface area contributed by atoms with Gasteiger partial charge in [0.25, 0.3) is 0 Å². The highest BCUT2D eigenvalue weighted by molar-refractivity contribution is 9.11. The Balaban J connectivity index is 2.67. The quantitative estimate of drug-likeness (QED) is 0.600. The highest BCUT2D eigenvalue weighted by Gasteiger charge is 2.06. The molecule has 0 fully saturated rings. The molecule has 1 aromatic carbocycles. The maximum absolute atomic E-state index is 9.98. The highest BCUT2D eigenvalue weighted by atomic mass is 79.9. The van der Waals surface area contributed by atoms with Crippen LogP contribution >= 0.6 is 31.9 Å². The van der Waals surface area contributed by atoms with Gasteiger partial charge in [-0.15, -0.1) is 0 Å². The van der Waals surface area contributed by atoms with Crippen LogP contribution in [0.15, 0.2) is 44.4 Å². The Bertz CT molecular complexity index is 498. The van der Waals surface area contributed by atoms with Crippen molar-refractivity contribution in [2.24, 2.45) is 0 Å². The van der Waals surface area contributed by atoms with Crippen LogP contribution in [0, 0.1) is 0 Å². The summed E-state index contributed by atoms with van der Waals surface area (Å²) in [5.41, 5.74) is 3.65. The number of phenolic OH excluding ortho intramolecular Hbond substituents is 1. The summed E-state index contributed by atoms with van der Waals surface area (Å²) >= 11 is 6.80. The zero-order valence-electron chi connectivity index (χ0n) is 11.6. The van der Waals surface area contributed by atoms with Crippen molar-refractivity contribution in [3.8, 4) is 5.75 Å². The van der Waals surface area contributed by atoms with Crippen molar-refractivity contribution in [2.75, 3.05) is 0 Å². The minimum absolute atomic E-state index is 0.330. The maximum Gasteiger partial charge on any atom is 0.133 e. The van der Waals surface area contributed by atoms with Gasteiger partial charge in [-0.25, -0.2) is 0 Å². The molecular weight excluding hydrogens is 368 g/mol. The van der Waals surface area contributed by atoms with E-state index in [1.807, 2.05) is 12.1 Å². The van der Waals surface area contributed by atoms with E-state index >= 15 is 0 Å². The zero-order chi connectivity index (χ0) is 14.4. The van der Waals surface area contributed by atoms with Gasteiger partial charge in [0.05, 0.1) is 4.47 Å². The molecule has 0 saturated heterocycles. The molecule has 0 atom stereocenters. The summed E-state index contributed by atoms with van der Waals surface area (Å²) in [6, 6.07) is 3.81. The van der Waals surface area contributed by atoms with Gasteiger partial charge in [0.2, 0.25) is 0 Å². The molecule has 3 heteroatoms. The Labute approximate surface area is 132 Å². The van der Waals surface area contributed by atoms with Gasteiger partial charge in [-0.05, 0) is 73.7 Å². The second kappa shape index (κ2) is 7.91. The molecule has 0 aromatic heterocycles. The molecule has 0 bridgehead atoms. The van der Waals surface area contributed by atoms with Gasteiger partial charge in [-0.2, -0.15) is 0 Å². The Kier molecular flexibility index (Phi) is 6.87. The summed E-state index contributed by atoms with van der Waals surface area (Å²) in [7, 11) is 0. The van der Waals surface area contributed by atoms with Crippen LogP contribution in [-0.2, 0) is 6.42 Å². The van der Waals surface area contributed by atoms with Crippen LogP contribution in [0.25, 0.3) is 0 Å². The van der Waals surface area contributed by atoms with Gasteiger partial charge in [0.1, 0.15) is 5.75 Å². The number of rotatable bonds is 5. The summed E-state index contributed by atoms with van der Waals surface area (Å²) in [6.45, 7) is 6.38. The molecule has 0 radical (unpaired) electrons. The van der Waals surface area contributed by atoms with E-state index in [0.29, 0.717) is 5.75 Å². The van der Waals surface area contributed by atoms with Crippen LogP contribution in [0.4, 0.5) is 0 Å². The molecule has 1 N–H and O–H groups in total. The normalized spacial score (nSPS) is 11.5. The average Bonchev–Trinajstić information content (AvgIpc) is 2.31. The predicted molar refractivity (Wildman–Crippen MR) is 89.6 cm³/mol. The van der Waals surface area contributed by atoms with E-state index in [2.05, 4.69) is 64.8 Å². The molecule has 0 aliphatic heterocycles. The number of halogens is 2. The van der Waals surface area contributed by atoms with Crippen LogP contribution in [0.1, 0.15) is 39.2 Å². The lowest BCUT2D eigenvalue weighted by Gasteiger charge is -2.06. The molecule has 104 valence electrons. The van der Waals surface area contributed by atoms with E-state index < -0.39 is 0 Å². The SMILES string of the molecule is CC(C)=CCC/C(C)=C/Cc1cc(Br)cc(Br)c1O. The number of phenols is 1.